The van der Waals surface area contributed by atoms with Gasteiger partial charge < -0.3 is 14.0 Å². The summed E-state index contributed by atoms with van der Waals surface area (Å²) < 4.78 is 19.1. The molecule has 8 heteroatoms. The predicted molar refractivity (Wildman–Crippen MR) is 109 cm³/mol. The standard InChI is InChI=1S/C20H25N5O2S/c1-15-19(16(2)27-22-15)13-25-12-18(10-21-25)24-9-8-23(14-24)11-17-6-4-5-7-20(17)28(3)26/h4-7,10,12H,8-9,11,13-14H2,1-3H3. The van der Waals surface area contributed by atoms with E-state index in [1.54, 1.807) is 6.26 Å². The summed E-state index contributed by atoms with van der Waals surface area (Å²) in [5.41, 5.74) is 4.25. The smallest absolute Gasteiger partial charge is 0.156 e. The molecule has 148 valence electrons. The molecule has 1 fully saturated rings. The van der Waals surface area contributed by atoms with E-state index in [0.29, 0.717) is 6.54 Å². The van der Waals surface area contributed by atoms with Gasteiger partial charge in [-0.05, 0) is 31.1 Å². The van der Waals surface area contributed by atoms with E-state index in [1.165, 1.54) is 0 Å². The third kappa shape index (κ3) is 3.94. The molecule has 0 radical (unpaired) electrons. The first-order chi connectivity index (χ1) is 13.5. The zero-order valence-corrected chi connectivity index (χ0v) is 17.3. The van der Waals surface area contributed by atoms with Gasteiger partial charge in [0, 0.05) is 37.0 Å². The van der Waals surface area contributed by atoms with Crippen molar-refractivity contribution in [1.82, 2.24) is 19.8 Å². The molecule has 3 aromatic rings. The van der Waals surface area contributed by atoms with Crippen LogP contribution in [0.1, 0.15) is 22.6 Å². The normalized spacial score (nSPS) is 16.1. The topological polar surface area (TPSA) is 73.4 Å². The van der Waals surface area contributed by atoms with Gasteiger partial charge in [-0.1, -0.05) is 23.4 Å². The van der Waals surface area contributed by atoms with Crippen molar-refractivity contribution in [3.63, 3.8) is 0 Å². The molecule has 1 atom stereocenters. The van der Waals surface area contributed by atoms with E-state index >= 15 is 0 Å². The minimum atomic E-state index is -0.968. The summed E-state index contributed by atoms with van der Waals surface area (Å²) in [6, 6.07) is 7.99. The molecule has 1 aliphatic heterocycles. The molecule has 3 heterocycles. The van der Waals surface area contributed by atoms with Crippen LogP contribution in [-0.4, -0.2) is 50.4 Å². The van der Waals surface area contributed by atoms with E-state index < -0.39 is 11.2 Å². The highest BCUT2D eigenvalue weighted by atomic mass is 32.2. The summed E-state index contributed by atoms with van der Waals surface area (Å²) in [6.45, 7) is 8.11. The Kier molecular flexibility index (Phi) is 5.43. The van der Waals surface area contributed by atoms with Crippen LogP contribution in [-0.2, 0) is 24.3 Å². The van der Waals surface area contributed by atoms with Crippen LogP contribution < -0.4 is 4.90 Å². The Morgan fingerprint density at radius 2 is 2.00 bits per heavy atom. The second-order valence-electron chi connectivity index (χ2n) is 7.22. The van der Waals surface area contributed by atoms with Crippen LogP contribution in [0.15, 0.2) is 46.1 Å². The van der Waals surface area contributed by atoms with Crippen LogP contribution in [0, 0.1) is 13.8 Å². The molecule has 1 saturated heterocycles. The minimum Gasteiger partial charge on any atom is -0.612 e. The third-order valence-electron chi connectivity index (χ3n) is 5.22. The number of hydrogen-bond acceptors (Lipinski definition) is 6. The van der Waals surface area contributed by atoms with Crippen molar-refractivity contribution in [2.75, 3.05) is 30.9 Å². The average molecular weight is 400 g/mol. The fourth-order valence-electron chi connectivity index (χ4n) is 3.63. The third-order valence-corrected chi connectivity index (χ3v) is 6.24. The summed E-state index contributed by atoms with van der Waals surface area (Å²) in [7, 11) is 0. The lowest BCUT2D eigenvalue weighted by molar-refractivity contribution is 0.331. The first kappa shape index (κ1) is 19.0. The predicted octanol–water partition coefficient (Wildman–Crippen LogP) is 2.55. The molecular weight excluding hydrogens is 374 g/mol. The number of hydrogen-bond donors (Lipinski definition) is 0. The minimum absolute atomic E-state index is 0.661. The van der Waals surface area contributed by atoms with Crippen LogP contribution >= 0.6 is 0 Å². The molecule has 0 amide bonds. The second kappa shape index (κ2) is 7.98. The van der Waals surface area contributed by atoms with Gasteiger partial charge in [0.15, 0.2) is 4.90 Å². The number of rotatable bonds is 6. The Labute approximate surface area is 168 Å². The van der Waals surface area contributed by atoms with Gasteiger partial charge in [0.1, 0.15) is 12.0 Å². The van der Waals surface area contributed by atoms with E-state index in [1.807, 2.05) is 42.9 Å². The van der Waals surface area contributed by atoms with Crippen LogP contribution in [0.25, 0.3) is 0 Å². The maximum absolute atomic E-state index is 12.0. The van der Waals surface area contributed by atoms with Gasteiger partial charge in [0.2, 0.25) is 0 Å². The maximum atomic E-state index is 12.0. The molecular formula is C20H25N5O2S. The van der Waals surface area contributed by atoms with E-state index in [9.17, 15) is 4.55 Å². The monoisotopic (exact) mass is 399 g/mol. The van der Waals surface area contributed by atoms with Crippen LogP contribution in [0.2, 0.25) is 0 Å². The van der Waals surface area contributed by atoms with E-state index in [-0.39, 0.29) is 0 Å². The largest absolute Gasteiger partial charge is 0.612 e. The first-order valence-electron chi connectivity index (χ1n) is 9.34. The summed E-state index contributed by atoms with van der Waals surface area (Å²) in [5.74, 6) is 0.842. The lowest BCUT2D eigenvalue weighted by Gasteiger charge is -2.19. The Hall–Kier alpha value is -2.29. The van der Waals surface area contributed by atoms with Gasteiger partial charge >= 0.3 is 0 Å². The molecule has 4 rings (SSSR count). The summed E-state index contributed by atoms with van der Waals surface area (Å²) in [4.78, 5) is 5.62. The average Bonchev–Trinajstić information content (AvgIpc) is 3.39. The van der Waals surface area contributed by atoms with Crippen LogP contribution in [0.4, 0.5) is 5.69 Å². The highest BCUT2D eigenvalue weighted by Crippen LogP contribution is 2.23. The van der Waals surface area contributed by atoms with Gasteiger partial charge in [-0.25, -0.2) is 0 Å². The van der Waals surface area contributed by atoms with Crippen molar-refractivity contribution in [3.8, 4) is 0 Å². The molecule has 2 aromatic heterocycles. The van der Waals surface area contributed by atoms with E-state index in [0.717, 1.165) is 59.5 Å². The SMILES string of the molecule is Cc1noc(C)c1Cn1cc(N2CCN(Cc3ccccc3[S+](C)[O-])C2)cn1. The molecule has 0 aliphatic carbocycles. The fourth-order valence-corrected chi connectivity index (χ4v) is 4.40. The molecule has 1 unspecified atom stereocenters. The quantitative estimate of drug-likeness (QED) is 0.593. The first-order valence-corrected chi connectivity index (χ1v) is 10.9. The van der Waals surface area contributed by atoms with Gasteiger partial charge in [0.25, 0.3) is 0 Å². The molecule has 0 N–H and O–H groups in total. The van der Waals surface area contributed by atoms with Crippen molar-refractivity contribution in [2.24, 2.45) is 0 Å². The number of nitrogens with zero attached hydrogens (tertiary/aromatic N) is 5. The lowest BCUT2D eigenvalue weighted by Crippen LogP contribution is -2.25. The Morgan fingerprint density at radius 3 is 2.75 bits per heavy atom. The molecule has 0 bridgehead atoms. The van der Waals surface area contributed by atoms with E-state index in [4.69, 9.17) is 4.52 Å². The molecule has 0 spiro atoms. The highest BCUT2D eigenvalue weighted by Gasteiger charge is 2.23. The lowest BCUT2D eigenvalue weighted by atomic mass is 10.2. The number of aryl methyl sites for hydroxylation is 2. The zero-order chi connectivity index (χ0) is 19.7. The van der Waals surface area contributed by atoms with Crippen molar-refractivity contribution >= 4 is 16.9 Å². The van der Waals surface area contributed by atoms with Gasteiger partial charge in [0.05, 0.1) is 30.8 Å². The molecule has 28 heavy (non-hydrogen) atoms. The number of benzene rings is 1. The van der Waals surface area contributed by atoms with Gasteiger partial charge in [-0.15, -0.1) is 0 Å². The number of anilines is 1. The maximum Gasteiger partial charge on any atom is 0.156 e. The summed E-state index contributed by atoms with van der Waals surface area (Å²) >= 11 is -0.968. The van der Waals surface area contributed by atoms with Crippen LogP contribution in [0.5, 0.6) is 0 Å². The van der Waals surface area contributed by atoms with Gasteiger partial charge in [-0.3, -0.25) is 9.58 Å². The Morgan fingerprint density at radius 1 is 1.18 bits per heavy atom. The summed E-state index contributed by atoms with van der Waals surface area (Å²) in [5, 5.41) is 8.52. The fraction of sp³-hybridized carbons (Fsp3) is 0.400. The number of aromatic nitrogens is 3. The molecule has 0 saturated carbocycles. The van der Waals surface area contributed by atoms with Crippen molar-refractivity contribution < 1.29 is 9.08 Å². The Bertz CT molecular complexity index is 932. The van der Waals surface area contributed by atoms with E-state index in [2.05, 4.69) is 32.3 Å². The molecule has 1 aliphatic rings. The highest BCUT2D eigenvalue weighted by molar-refractivity contribution is 7.90. The second-order valence-corrected chi connectivity index (χ2v) is 8.57. The van der Waals surface area contributed by atoms with Crippen LogP contribution in [0.3, 0.4) is 0 Å². The Balaban J connectivity index is 1.41. The van der Waals surface area contributed by atoms with Crippen molar-refractivity contribution in [2.45, 2.75) is 31.8 Å². The van der Waals surface area contributed by atoms with Crippen molar-refractivity contribution in [1.29, 1.82) is 0 Å². The van der Waals surface area contributed by atoms with Crippen molar-refractivity contribution in [3.05, 3.63) is 59.2 Å². The molecule has 1 aromatic carbocycles. The molecule has 7 nitrogen and oxygen atoms in total. The summed E-state index contributed by atoms with van der Waals surface area (Å²) in [6.07, 6.45) is 5.73. The zero-order valence-electron chi connectivity index (χ0n) is 16.5. The van der Waals surface area contributed by atoms with Gasteiger partial charge in [-0.2, -0.15) is 5.10 Å².